The number of fused-ring (bicyclic) bond motifs is 1. The first kappa shape index (κ1) is 16.2. The molecule has 3 rings (SSSR count). The van der Waals surface area contributed by atoms with Gasteiger partial charge < -0.3 is 24.2 Å². The number of hydrogen-bond acceptors (Lipinski definition) is 7. The van der Waals surface area contributed by atoms with Gasteiger partial charge in [-0.25, -0.2) is 9.55 Å². The smallest absolute Gasteiger partial charge is 0.390 e. The molecule has 0 amide bonds. The third-order valence-electron chi connectivity index (χ3n) is 3.57. The number of aromatic nitrogens is 4. The molecule has 12 heteroatoms. The van der Waals surface area contributed by atoms with E-state index in [-0.39, 0.29) is 11.9 Å². The van der Waals surface area contributed by atoms with E-state index >= 15 is 0 Å². The molecule has 1 fully saturated rings. The van der Waals surface area contributed by atoms with Gasteiger partial charge in [0.15, 0.2) is 5.52 Å². The van der Waals surface area contributed by atoms with Crippen molar-refractivity contribution < 1.29 is 28.7 Å². The number of phosphoric ester groups is 1. The molecule has 3 N–H and O–H groups in total. The summed E-state index contributed by atoms with van der Waals surface area (Å²) in [5.41, 5.74) is 0.165. The average molecular weight is 346 g/mol. The van der Waals surface area contributed by atoms with Gasteiger partial charge in [0.1, 0.15) is 24.3 Å². The highest BCUT2D eigenvalue weighted by Gasteiger charge is 2.37. The predicted molar refractivity (Wildman–Crippen MR) is 75.3 cm³/mol. The van der Waals surface area contributed by atoms with E-state index in [0.717, 1.165) is 0 Å². The van der Waals surface area contributed by atoms with Crippen molar-refractivity contribution in [2.45, 2.75) is 24.9 Å². The van der Waals surface area contributed by atoms with E-state index in [1.165, 1.54) is 12.7 Å². The molecule has 2 aromatic rings. The Labute approximate surface area is 129 Å². The lowest BCUT2D eigenvalue weighted by molar-refractivity contribution is -0.0425. The quantitative estimate of drug-likeness (QED) is 0.586. The van der Waals surface area contributed by atoms with Crippen molar-refractivity contribution in [3.63, 3.8) is 0 Å². The first-order valence-electron chi connectivity index (χ1n) is 6.68. The molecule has 11 nitrogen and oxygen atoms in total. The zero-order valence-electron chi connectivity index (χ0n) is 12.0. The molecular weight excluding hydrogens is 331 g/mol. The van der Waals surface area contributed by atoms with Gasteiger partial charge in [-0.3, -0.25) is 13.9 Å². The monoisotopic (exact) mass is 346 g/mol. The molecular formula is C11H15N4O7P. The van der Waals surface area contributed by atoms with Crippen LogP contribution in [0, 0.1) is 0 Å². The molecule has 0 aromatic carbocycles. The van der Waals surface area contributed by atoms with E-state index in [1.807, 2.05) is 0 Å². The molecule has 0 saturated carbocycles. The van der Waals surface area contributed by atoms with Crippen molar-refractivity contribution in [2.75, 3.05) is 6.61 Å². The van der Waals surface area contributed by atoms with Crippen molar-refractivity contribution in [1.82, 2.24) is 19.1 Å². The second-order valence-electron chi connectivity index (χ2n) is 5.20. The number of hydrogen-bond donors (Lipinski definition) is 3. The van der Waals surface area contributed by atoms with Gasteiger partial charge in [-0.05, 0) is 0 Å². The molecule has 3 heterocycles. The van der Waals surface area contributed by atoms with Crippen LogP contribution in [0.1, 0.15) is 12.6 Å². The molecule has 0 unspecified atom stereocenters. The number of imidazole rings is 1. The van der Waals surface area contributed by atoms with Gasteiger partial charge in [0.05, 0.1) is 19.0 Å². The van der Waals surface area contributed by atoms with E-state index in [9.17, 15) is 14.5 Å². The second kappa shape index (κ2) is 5.78. The van der Waals surface area contributed by atoms with Gasteiger partial charge >= 0.3 is 13.4 Å². The lowest BCUT2D eigenvalue weighted by atomic mass is 10.2. The first-order chi connectivity index (χ1) is 10.8. The molecule has 0 spiro atoms. The van der Waals surface area contributed by atoms with Gasteiger partial charge in [-0.2, -0.15) is 4.98 Å². The highest BCUT2D eigenvalue weighted by atomic mass is 31.2. The van der Waals surface area contributed by atoms with Crippen molar-refractivity contribution in [3.05, 3.63) is 23.0 Å². The van der Waals surface area contributed by atoms with Crippen LogP contribution in [0.2, 0.25) is 0 Å². The molecule has 126 valence electrons. The third-order valence-corrected chi connectivity index (χ3v) is 4.06. The van der Waals surface area contributed by atoms with Gasteiger partial charge in [-0.1, -0.05) is 0 Å². The van der Waals surface area contributed by atoms with Crippen molar-refractivity contribution >= 4 is 19.0 Å². The van der Waals surface area contributed by atoms with E-state index in [2.05, 4.69) is 14.5 Å². The summed E-state index contributed by atoms with van der Waals surface area (Å²) >= 11 is 0. The lowest BCUT2D eigenvalue weighted by Crippen LogP contribution is -2.25. The number of nitrogens with zero attached hydrogens (tertiary/aromatic N) is 4. The molecule has 0 aliphatic carbocycles. The minimum Gasteiger partial charge on any atom is -0.390 e. The van der Waals surface area contributed by atoms with Crippen molar-refractivity contribution in [1.29, 1.82) is 0 Å². The van der Waals surface area contributed by atoms with Crippen LogP contribution in [-0.2, 0) is 20.9 Å². The fourth-order valence-electron chi connectivity index (χ4n) is 2.53. The number of phosphoric acid groups is 1. The molecule has 0 bridgehead atoms. The van der Waals surface area contributed by atoms with E-state index in [4.69, 9.17) is 14.5 Å². The summed E-state index contributed by atoms with van der Waals surface area (Å²) in [5, 5.41) is 9.98. The maximum Gasteiger partial charge on any atom is 0.469 e. The minimum atomic E-state index is -4.64. The van der Waals surface area contributed by atoms with E-state index < -0.39 is 38.4 Å². The largest absolute Gasteiger partial charge is 0.469 e. The van der Waals surface area contributed by atoms with Crippen LogP contribution in [0.25, 0.3) is 11.2 Å². The highest BCUT2D eigenvalue weighted by Crippen LogP contribution is 2.38. The topological polar surface area (TPSA) is 149 Å². The molecule has 3 atom stereocenters. The lowest BCUT2D eigenvalue weighted by Gasteiger charge is -2.16. The van der Waals surface area contributed by atoms with Crippen LogP contribution in [0.3, 0.4) is 0 Å². The Morgan fingerprint density at radius 3 is 2.87 bits per heavy atom. The zero-order chi connectivity index (χ0) is 16.8. The van der Waals surface area contributed by atoms with E-state index in [0.29, 0.717) is 5.65 Å². The van der Waals surface area contributed by atoms with Gasteiger partial charge in [-0.15, -0.1) is 0 Å². The Balaban J connectivity index is 1.85. The van der Waals surface area contributed by atoms with Crippen LogP contribution in [0.4, 0.5) is 0 Å². The third kappa shape index (κ3) is 3.20. The van der Waals surface area contributed by atoms with Crippen molar-refractivity contribution in [2.24, 2.45) is 7.05 Å². The molecule has 2 aromatic heterocycles. The predicted octanol–water partition coefficient (Wildman–Crippen LogP) is -1.11. The summed E-state index contributed by atoms with van der Waals surface area (Å²) in [7, 11) is -2.95. The Kier molecular flexibility index (Phi) is 4.08. The average Bonchev–Trinajstić information content (AvgIpc) is 3.04. The fraction of sp³-hybridized carbons (Fsp3) is 0.545. The van der Waals surface area contributed by atoms with Gasteiger partial charge in [0.2, 0.25) is 0 Å². The van der Waals surface area contributed by atoms with Crippen LogP contribution >= 0.6 is 7.82 Å². The number of rotatable bonds is 4. The SMILES string of the molecule is Cn1cnc(=O)c2ncn([C@H]3C[C@H](O)[C@@H](COP(=O)(O)O)O3)c21. The minimum absolute atomic E-state index is 0.164. The molecule has 1 aliphatic heterocycles. The Hall–Kier alpha value is -1.62. The van der Waals surface area contributed by atoms with Crippen LogP contribution in [0.15, 0.2) is 17.4 Å². The molecule has 0 radical (unpaired) electrons. The Morgan fingerprint density at radius 1 is 1.43 bits per heavy atom. The van der Waals surface area contributed by atoms with Gasteiger partial charge in [0.25, 0.3) is 0 Å². The number of aliphatic hydroxyl groups excluding tert-OH is 1. The van der Waals surface area contributed by atoms with Crippen LogP contribution in [-0.4, -0.2) is 52.8 Å². The summed E-state index contributed by atoms with van der Waals surface area (Å²) in [4.78, 5) is 36.8. The summed E-state index contributed by atoms with van der Waals surface area (Å²) < 4.78 is 23.9. The Morgan fingerprint density at radius 2 is 2.17 bits per heavy atom. The van der Waals surface area contributed by atoms with Crippen LogP contribution < -0.4 is 5.56 Å². The first-order valence-corrected chi connectivity index (χ1v) is 8.21. The normalized spacial score (nSPS) is 25.3. The maximum absolute atomic E-state index is 11.7. The standard InChI is InChI=1S/C11H15N4O7P/c1-14-4-13-10(17)9-11(14)15(5-12-9)8-2-6(16)7(22-8)3-21-23(18,19)20/h4-8,16H,2-3H2,1H3,(H2,18,19,20)/t6-,7+,8+/m0/s1. The second-order valence-corrected chi connectivity index (χ2v) is 6.44. The molecule has 1 aliphatic rings. The summed E-state index contributed by atoms with van der Waals surface area (Å²) in [6.07, 6.45) is 0.400. The van der Waals surface area contributed by atoms with E-state index in [1.54, 1.807) is 16.2 Å². The Bertz CT molecular complexity index is 827. The molecule has 1 saturated heterocycles. The number of aliphatic hydroxyl groups is 1. The van der Waals surface area contributed by atoms with Crippen LogP contribution in [0.5, 0.6) is 0 Å². The fourth-order valence-corrected chi connectivity index (χ4v) is 2.87. The van der Waals surface area contributed by atoms with Crippen molar-refractivity contribution in [3.8, 4) is 0 Å². The molecule has 23 heavy (non-hydrogen) atoms. The highest BCUT2D eigenvalue weighted by molar-refractivity contribution is 7.46. The summed E-state index contributed by atoms with van der Waals surface area (Å²) in [6.45, 7) is -0.449. The number of aryl methyl sites for hydroxylation is 1. The van der Waals surface area contributed by atoms with Gasteiger partial charge in [0, 0.05) is 13.5 Å². The zero-order valence-corrected chi connectivity index (χ0v) is 12.9. The maximum atomic E-state index is 11.7. The summed E-state index contributed by atoms with van der Waals surface area (Å²) in [6, 6.07) is 0. The number of ether oxygens (including phenoxy) is 1. The summed E-state index contributed by atoms with van der Waals surface area (Å²) in [5.74, 6) is 0.